The topological polar surface area (TPSA) is 76.4 Å². The number of rotatable bonds is 3. The van der Waals surface area contributed by atoms with E-state index >= 15 is 0 Å². The highest BCUT2D eigenvalue weighted by atomic mass is 32.2. The van der Waals surface area contributed by atoms with Crippen LogP contribution in [0.5, 0.6) is 0 Å². The minimum Gasteiger partial charge on any atom is -0.464 e. The normalized spacial score (nSPS) is 21.1. The van der Waals surface area contributed by atoms with Gasteiger partial charge in [-0.1, -0.05) is 18.2 Å². The second-order valence-electron chi connectivity index (χ2n) is 5.10. The molecule has 1 atom stereocenters. The van der Waals surface area contributed by atoms with Gasteiger partial charge in [-0.3, -0.25) is 4.79 Å². The third-order valence-corrected chi connectivity index (χ3v) is 5.28. The lowest BCUT2D eigenvalue weighted by atomic mass is 10.1. The summed E-state index contributed by atoms with van der Waals surface area (Å²) in [6.07, 6.45) is 2.28. The smallest absolute Gasteiger partial charge is 0.224 e. The van der Waals surface area contributed by atoms with E-state index in [1.807, 2.05) is 24.3 Å². The van der Waals surface area contributed by atoms with Gasteiger partial charge in [0.1, 0.15) is 5.58 Å². The summed E-state index contributed by atoms with van der Waals surface area (Å²) >= 11 is 0. The number of para-hydroxylation sites is 1. The van der Waals surface area contributed by atoms with E-state index in [4.69, 9.17) is 4.42 Å². The fourth-order valence-electron chi connectivity index (χ4n) is 2.53. The minimum absolute atomic E-state index is 0.0465. The zero-order chi connectivity index (χ0) is 14.2. The molecule has 0 spiro atoms. The molecule has 20 heavy (non-hydrogen) atoms. The van der Waals surface area contributed by atoms with Crippen LogP contribution in [0.4, 0.5) is 0 Å². The van der Waals surface area contributed by atoms with E-state index in [9.17, 15) is 13.2 Å². The van der Waals surface area contributed by atoms with Gasteiger partial charge >= 0.3 is 0 Å². The summed E-state index contributed by atoms with van der Waals surface area (Å²) in [5.74, 6) is 0.0379. The van der Waals surface area contributed by atoms with Crippen molar-refractivity contribution in [2.75, 3.05) is 11.5 Å². The van der Waals surface area contributed by atoms with Gasteiger partial charge in [0.05, 0.1) is 24.2 Å². The summed E-state index contributed by atoms with van der Waals surface area (Å²) in [5, 5.41) is 3.70. The number of carbonyl (C=O) groups is 1. The van der Waals surface area contributed by atoms with Crippen LogP contribution < -0.4 is 5.32 Å². The second kappa shape index (κ2) is 4.94. The van der Waals surface area contributed by atoms with Gasteiger partial charge in [-0.2, -0.15) is 0 Å². The van der Waals surface area contributed by atoms with E-state index in [-0.39, 0.29) is 29.9 Å². The molecule has 6 heteroatoms. The third kappa shape index (κ3) is 2.70. The summed E-state index contributed by atoms with van der Waals surface area (Å²) in [4.78, 5) is 12.0. The Balaban J connectivity index is 1.67. The van der Waals surface area contributed by atoms with Gasteiger partial charge in [0, 0.05) is 17.0 Å². The number of fused-ring (bicyclic) bond motifs is 1. The van der Waals surface area contributed by atoms with Crippen molar-refractivity contribution in [1.82, 2.24) is 5.32 Å². The number of sulfone groups is 1. The molecule has 1 aromatic heterocycles. The molecule has 1 aromatic carbocycles. The van der Waals surface area contributed by atoms with E-state index in [1.165, 1.54) is 0 Å². The van der Waals surface area contributed by atoms with Gasteiger partial charge in [0.2, 0.25) is 5.91 Å². The lowest BCUT2D eigenvalue weighted by Crippen LogP contribution is -2.36. The Labute approximate surface area is 116 Å². The van der Waals surface area contributed by atoms with E-state index in [2.05, 4.69) is 5.32 Å². The first-order chi connectivity index (χ1) is 9.53. The lowest BCUT2D eigenvalue weighted by molar-refractivity contribution is -0.120. The number of furan rings is 1. The van der Waals surface area contributed by atoms with Crippen molar-refractivity contribution in [3.8, 4) is 0 Å². The SMILES string of the molecule is O=C(Cc1coc2ccccc12)NC1CCS(=O)(=O)C1. The molecule has 1 saturated heterocycles. The van der Waals surface area contributed by atoms with Gasteiger partial charge in [-0.25, -0.2) is 8.42 Å². The molecule has 1 N–H and O–H groups in total. The van der Waals surface area contributed by atoms with Crippen LogP contribution in [0.3, 0.4) is 0 Å². The van der Waals surface area contributed by atoms with Crippen molar-refractivity contribution in [2.24, 2.45) is 0 Å². The number of nitrogens with one attached hydrogen (secondary N) is 1. The highest BCUT2D eigenvalue weighted by Crippen LogP contribution is 2.21. The Hall–Kier alpha value is -1.82. The molecule has 106 valence electrons. The predicted molar refractivity (Wildman–Crippen MR) is 75.1 cm³/mol. The zero-order valence-electron chi connectivity index (χ0n) is 10.8. The monoisotopic (exact) mass is 293 g/mol. The van der Waals surface area contributed by atoms with Crippen molar-refractivity contribution in [3.05, 3.63) is 36.1 Å². The highest BCUT2D eigenvalue weighted by Gasteiger charge is 2.28. The van der Waals surface area contributed by atoms with Crippen LogP contribution in [0.2, 0.25) is 0 Å². The number of amides is 1. The quantitative estimate of drug-likeness (QED) is 0.925. The number of hydrogen-bond acceptors (Lipinski definition) is 4. The summed E-state index contributed by atoms with van der Waals surface area (Å²) in [7, 11) is -2.97. The first-order valence-corrected chi connectivity index (χ1v) is 8.30. The molecule has 0 bridgehead atoms. The standard InChI is InChI=1S/C14H15NO4S/c16-14(15-11-5-6-20(17,18)9-11)7-10-8-19-13-4-2-1-3-12(10)13/h1-4,8,11H,5-7,9H2,(H,15,16). The van der Waals surface area contributed by atoms with Crippen molar-refractivity contribution in [3.63, 3.8) is 0 Å². The van der Waals surface area contributed by atoms with Crippen LogP contribution in [-0.2, 0) is 21.1 Å². The Morgan fingerprint density at radius 2 is 2.15 bits per heavy atom. The van der Waals surface area contributed by atoms with Crippen LogP contribution in [0.15, 0.2) is 34.9 Å². The van der Waals surface area contributed by atoms with Gasteiger partial charge in [-0.15, -0.1) is 0 Å². The third-order valence-electron chi connectivity index (χ3n) is 3.51. The average Bonchev–Trinajstić information content (AvgIpc) is 2.94. The molecule has 5 nitrogen and oxygen atoms in total. The average molecular weight is 293 g/mol. The molecule has 1 aliphatic rings. The molecule has 0 aliphatic carbocycles. The van der Waals surface area contributed by atoms with Crippen LogP contribution in [0.25, 0.3) is 11.0 Å². The van der Waals surface area contributed by atoms with Crippen molar-refractivity contribution in [2.45, 2.75) is 18.9 Å². The fraction of sp³-hybridized carbons (Fsp3) is 0.357. The van der Waals surface area contributed by atoms with Gasteiger partial charge in [0.25, 0.3) is 0 Å². The second-order valence-corrected chi connectivity index (χ2v) is 7.33. The summed E-state index contributed by atoms with van der Waals surface area (Å²) in [6.45, 7) is 0. The van der Waals surface area contributed by atoms with E-state index < -0.39 is 9.84 Å². The number of hydrogen-bond donors (Lipinski definition) is 1. The molecule has 2 heterocycles. The maximum atomic E-state index is 12.0. The fourth-order valence-corrected chi connectivity index (χ4v) is 4.20. The lowest BCUT2D eigenvalue weighted by Gasteiger charge is -2.10. The summed E-state index contributed by atoms with van der Waals surface area (Å²) < 4.78 is 28.1. The van der Waals surface area contributed by atoms with Gasteiger partial charge in [-0.05, 0) is 12.5 Å². The largest absolute Gasteiger partial charge is 0.464 e. The molecule has 1 aliphatic heterocycles. The molecule has 1 unspecified atom stereocenters. The molecule has 1 amide bonds. The maximum absolute atomic E-state index is 12.0. The number of benzene rings is 1. The Morgan fingerprint density at radius 3 is 2.90 bits per heavy atom. The van der Waals surface area contributed by atoms with Gasteiger partial charge in [0.15, 0.2) is 9.84 Å². The molecule has 0 saturated carbocycles. The minimum atomic E-state index is -2.97. The van der Waals surface area contributed by atoms with Crippen molar-refractivity contribution < 1.29 is 17.6 Å². The summed E-state index contributed by atoms with van der Waals surface area (Å²) in [6, 6.07) is 7.26. The first kappa shape index (κ1) is 13.2. The highest BCUT2D eigenvalue weighted by molar-refractivity contribution is 7.91. The molecular formula is C14H15NO4S. The van der Waals surface area contributed by atoms with Crippen LogP contribution in [-0.4, -0.2) is 31.9 Å². The maximum Gasteiger partial charge on any atom is 0.224 e. The van der Waals surface area contributed by atoms with Crippen LogP contribution in [0.1, 0.15) is 12.0 Å². The van der Waals surface area contributed by atoms with Crippen molar-refractivity contribution >= 4 is 26.7 Å². The molecule has 0 radical (unpaired) electrons. The van der Waals surface area contributed by atoms with E-state index in [0.717, 1.165) is 16.5 Å². The summed E-state index contributed by atoms with van der Waals surface area (Å²) in [5.41, 5.74) is 1.57. The molecule has 1 fully saturated rings. The Morgan fingerprint density at radius 1 is 1.35 bits per heavy atom. The van der Waals surface area contributed by atoms with Crippen molar-refractivity contribution in [1.29, 1.82) is 0 Å². The molecular weight excluding hydrogens is 278 g/mol. The molecule has 3 rings (SSSR count). The number of carbonyl (C=O) groups excluding carboxylic acids is 1. The van der Waals surface area contributed by atoms with Gasteiger partial charge < -0.3 is 9.73 Å². The Bertz CT molecular complexity index is 747. The van der Waals surface area contributed by atoms with E-state index in [1.54, 1.807) is 6.26 Å². The zero-order valence-corrected chi connectivity index (χ0v) is 11.7. The Kier molecular flexibility index (Phi) is 3.25. The van der Waals surface area contributed by atoms with E-state index in [0.29, 0.717) is 6.42 Å². The van der Waals surface area contributed by atoms with Crippen LogP contribution in [0, 0.1) is 0 Å². The molecule has 2 aromatic rings. The first-order valence-electron chi connectivity index (χ1n) is 6.48. The predicted octanol–water partition coefficient (Wildman–Crippen LogP) is 1.28. The van der Waals surface area contributed by atoms with Crippen LogP contribution >= 0.6 is 0 Å².